The zero-order valence-electron chi connectivity index (χ0n) is 12.0. The van der Waals surface area contributed by atoms with Gasteiger partial charge in [-0.2, -0.15) is 0 Å². The first-order valence-corrected chi connectivity index (χ1v) is 7.29. The number of carbonyl (C=O) groups excluding carboxylic acids is 2. The highest BCUT2D eigenvalue weighted by Gasteiger charge is 2.42. The minimum Gasteiger partial charge on any atom is -0.329 e. The summed E-state index contributed by atoms with van der Waals surface area (Å²) in [4.78, 5) is 28.3. The fraction of sp³-hybridized carbons (Fsp3) is 0.500. The Hall–Kier alpha value is -1.84. The molecule has 4 heteroatoms. The molecule has 20 heavy (non-hydrogen) atoms. The van der Waals surface area contributed by atoms with Crippen molar-refractivity contribution in [2.45, 2.75) is 38.6 Å². The number of nitrogens with zero attached hydrogens (tertiary/aromatic N) is 2. The van der Waals surface area contributed by atoms with Gasteiger partial charge in [0.15, 0.2) is 0 Å². The van der Waals surface area contributed by atoms with Gasteiger partial charge in [-0.1, -0.05) is 32.0 Å². The molecule has 3 rings (SSSR count). The number of benzene rings is 1. The highest BCUT2D eigenvalue weighted by Crippen LogP contribution is 2.32. The predicted octanol–water partition coefficient (Wildman–Crippen LogP) is 2.15. The fourth-order valence-corrected chi connectivity index (χ4v) is 3.23. The van der Waals surface area contributed by atoms with Crippen LogP contribution in [0.15, 0.2) is 24.3 Å². The Labute approximate surface area is 119 Å². The van der Waals surface area contributed by atoms with Crippen LogP contribution in [0.25, 0.3) is 0 Å². The summed E-state index contributed by atoms with van der Waals surface area (Å²) in [6, 6.07) is 7.66. The Bertz CT molecular complexity index is 553. The van der Waals surface area contributed by atoms with Gasteiger partial charge in [0.25, 0.3) is 0 Å². The zero-order chi connectivity index (χ0) is 14.3. The number of anilines is 1. The van der Waals surface area contributed by atoms with Crippen LogP contribution in [0, 0.1) is 0 Å². The molecule has 1 atom stereocenters. The largest absolute Gasteiger partial charge is 0.329 e. The molecule has 0 bridgehead atoms. The SMILES string of the molecule is CC(C)c1ccccc1N1CC(=O)N2CCCC2C1=O. The average molecular weight is 272 g/mol. The summed E-state index contributed by atoms with van der Waals surface area (Å²) >= 11 is 0. The summed E-state index contributed by atoms with van der Waals surface area (Å²) in [5, 5.41) is 0. The highest BCUT2D eigenvalue weighted by molar-refractivity contribution is 6.07. The van der Waals surface area contributed by atoms with Crippen molar-refractivity contribution in [1.29, 1.82) is 0 Å². The first-order chi connectivity index (χ1) is 9.59. The third-order valence-corrected chi connectivity index (χ3v) is 4.27. The first kappa shape index (κ1) is 13.2. The van der Waals surface area contributed by atoms with Crippen LogP contribution in [0.2, 0.25) is 0 Å². The van der Waals surface area contributed by atoms with E-state index in [1.165, 1.54) is 0 Å². The van der Waals surface area contributed by atoms with E-state index in [-0.39, 0.29) is 24.4 Å². The van der Waals surface area contributed by atoms with E-state index in [1.54, 1.807) is 9.80 Å². The van der Waals surface area contributed by atoms with Crippen LogP contribution >= 0.6 is 0 Å². The maximum absolute atomic E-state index is 12.7. The van der Waals surface area contributed by atoms with Gasteiger partial charge < -0.3 is 9.80 Å². The molecule has 1 aromatic carbocycles. The summed E-state index contributed by atoms with van der Waals surface area (Å²) in [6.07, 6.45) is 1.73. The lowest BCUT2D eigenvalue weighted by atomic mass is 9.99. The number of fused-ring (bicyclic) bond motifs is 1. The van der Waals surface area contributed by atoms with Gasteiger partial charge in [-0.15, -0.1) is 0 Å². The quantitative estimate of drug-likeness (QED) is 0.827. The molecule has 0 saturated carbocycles. The highest BCUT2D eigenvalue weighted by atomic mass is 16.2. The number of amides is 2. The van der Waals surface area contributed by atoms with E-state index < -0.39 is 0 Å². The lowest BCUT2D eigenvalue weighted by Crippen LogP contribution is -2.57. The maximum Gasteiger partial charge on any atom is 0.250 e. The van der Waals surface area contributed by atoms with E-state index in [0.29, 0.717) is 5.92 Å². The summed E-state index contributed by atoms with van der Waals surface area (Å²) < 4.78 is 0. The van der Waals surface area contributed by atoms with E-state index in [0.717, 1.165) is 30.6 Å². The Morgan fingerprint density at radius 2 is 1.95 bits per heavy atom. The van der Waals surface area contributed by atoms with Gasteiger partial charge in [0.05, 0.1) is 0 Å². The normalized spacial score (nSPS) is 22.6. The third kappa shape index (κ3) is 1.99. The lowest BCUT2D eigenvalue weighted by Gasteiger charge is -2.37. The third-order valence-electron chi connectivity index (χ3n) is 4.27. The van der Waals surface area contributed by atoms with Gasteiger partial charge in [0.2, 0.25) is 11.8 Å². The van der Waals surface area contributed by atoms with Crippen molar-refractivity contribution >= 4 is 17.5 Å². The van der Waals surface area contributed by atoms with Gasteiger partial charge in [-0.3, -0.25) is 9.59 Å². The van der Waals surface area contributed by atoms with Crippen molar-refractivity contribution in [3.05, 3.63) is 29.8 Å². The molecule has 2 amide bonds. The fourth-order valence-electron chi connectivity index (χ4n) is 3.23. The lowest BCUT2D eigenvalue weighted by molar-refractivity contribution is -0.140. The maximum atomic E-state index is 12.7. The molecule has 4 nitrogen and oxygen atoms in total. The minimum atomic E-state index is -0.239. The van der Waals surface area contributed by atoms with Crippen molar-refractivity contribution in [3.8, 4) is 0 Å². The van der Waals surface area contributed by atoms with Gasteiger partial charge in [-0.25, -0.2) is 0 Å². The van der Waals surface area contributed by atoms with Gasteiger partial charge in [-0.05, 0) is 30.4 Å². The van der Waals surface area contributed by atoms with E-state index in [1.807, 2.05) is 24.3 Å². The molecule has 1 aromatic rings. The van der Waals surface area contributed by atoms with Crippen molar-refractivity contribution in [1.82, 2.24) is 4.90 Å². The molecule has 2 aliphatic rings. The molecule has 0 aromatic heterocycles. The van der Waals surface area contributed by atoms with Crippen LogP contribution < -0.4 is 4.90 Å². The van der Waals surface area contributed by atoms with Crippen LogP contribution in [-0.2, 0) is 9.59 Å². The molecule has 2 saturated heterocycles. The van der Waals surface area contributed by atoms with Crippen molar-refractivity contribution in [2.75, 3.05) is 18.0 Å². The minimum absolute atomic E-state index is 0.0747. The van der Waals surface area contributed by atoms with Gasteiger partial charge >= 0.3 is 0 Å². The molecule has 1 unspecified atom stereocenters. The monoisotopic (exact) mass is 272 g/mol. The standard InChI is InChI=1S/C16H20N2O2/c1-11(2)12-6-3-4-7-13(12)18-10-15(19)17-9-5-8-14(17)16(18)20/h3-4,6-7,11,14H,5,8-10H2,1-2H3. The number of rotatable bonds is 2. The predicted molar refractivity (Wildman–Crippen MR) is 77.6 cm³/mol. The Morgan fingerprint density at radius 1 is 1.20 bits per heavy atom. The van der Waals surface area contributed by atoms with Crippen molar-refractivity contribution in [2.24, 2.45) is 0 Å². The van der Waals surface area contributed by atoms with Gasteiger partial charge in [0.1, 0.15) is 12.6 Å². The number of para-hydroxylation sites is 1. The summed E-state index contributed by atoms with van der Waals surface area (Å²) in [5.74, 6) is 0.483. The second kappa shape index (κ2) is 4.93. The molecule has 0 aliphatic carbocycles. The topological polar surface area (TPSA) is 40.6 Å². The molecule has 2 aliphatic heterocycles. The van der Waals surface area contributed by atoms with Crippen molar-refractivity contribution < 1.29 is 9.59 Å². The van der Waals surface area contributed by atoms with E-state index in [9.17, 15) is 9.59 Å². The Morgan fingerprint density at radius 3 is 2.70 bits per heavy atom. The van der Waals surface area contributed by atoms with Crippen molar-refractivity contribution in [3.63, 3.8) is 0 Å². The summed E-state index contributed by atoms with van der Waals surface area (Å²) in [5.41, 5.74) is 2.02. The molecule has 0 N–H and O–H groups in total. The molecule has 0 radical (unpaired) electrons. The van der Waals surface area contributed by atoms with E-state index in [4.69, 9.17) is 0 Å². The molecule has 106 valence electrons. The molecule has 2 heterocycles. The zero-order valence-corrected chi connectivity index (χ0v) is 12.0. The average Bonchev–Trinajstić information content (AvgIpc) is 2.93. The smallest absolute Gasteiger partial charge is 0.250 e. The first-order valence-electron chi connectivity index (χ1n) is 7.29. The van der Waals surface area contributed by atoms with Crippen LogP contribution in [-0.4, -0.2) is 35.8 Å². The number of hydrogen-bond donors (Lipinski definition) is 0. The summed E-state index contributed by atoms with van der Waals surface area (Å²) in [7, 11) is 0. The Balaban J connectivity index is 1.98. The van der Waals surface area contributed by atoms with Crippen LogP contribution in [0.5, 0.6) is 0 Å². The van der Waals surface area contributed by atoms with Crippen LogP contribution in [0.3, 0.4) is 0 Å². The van der Waals surface area contributed by atoms with E-state index >= 15 is 0 Å². The van der Waals surface area contributed by atoms with E-state index in [2.05, 4.69) is 13.8 Å². The van der Waals surface area contributed by atoms with Crippen LogP contribution in [0.1, 0.15) is 38.2 Å². The second-order valence-electron chi connectivity index (χ2n) is 5.88. The number of piperazine rings is 1. The molecule has 0 spiro atoms. The van der Waals surface area contributed by atoms with Gasteiger partial charge in [0, 0.05) is 12.2 Å². The molecular formula is C16H20N2O2. The number of carbonyl (C=O) groups is 2. The number of hydrogen-bond acceptors (Lipinski definition) is 2. The second-order valence-corrected chi connectivity index (χ2v) is 5.88. The Kier molecular flexibility index (Phi) is 3.24. The summed E-state index contributed by atoms with van der Waals surface area (Å²) in [6.45, 7) is 5.13. The molecular weight excluding hydrogens is 252 g/mol. The molecule has 2 fully saturated rings. The van der Waals surface area contributed by atoms with Crippen LogP contribution in [0.4, 0.5) is 5.69 Å².